The van der Waals surface area contributed by atoms with Gasteiger partial charge in [-0.3, -0.25) is 4.79 Å². The van der Waals surface area contributed by atoms with E-state index in [1.807, 2.05) is 13.8 Å². The molecule has 0 unspecified atom stereocenters. The van der Waals surface area contributed by atoms with Crippen molar-refractivity contribution in [3.05, 3.63) is 11.8 Å². The number of hydrogen-bond donors (Lipinski definition) is 2. The molecular weight excluding hydrogens is 420 g/mol. The summed E-state index contributed by atoms with van der Waals surface area (Å²) in [5, 5.41) is 10.5. The molecule has 0 radical (unpaired) electrons. The first-order valence-electron chi connectivity index (χ1n) is 12.6. The van der Waals surface area contributed by atoms with E-state index in [0.717, 1.165) is 25.7 Å². The van der Waals surface area contributed by atoms with Crippen molar-refractivity contribution in [2.24, 2.45) is 5.92 Å². The van der Waals surface area contributed by atoms with Crippen LogP contribution in [0.2, 0.25) is 0 Å². The molecule has 8 heteroatoms. The van der Waals surface area contributed by atoms with Gasteiger partial charge in [0.2, 0.25) is 5.88 Å². The predicted molar refractivity (Wildman–Crippen MR) is 130 cm³/mol. The molecule has 33 heavy (non-hydrogen) atoms. The van der Waals surface area contributed by atoms with E-state index >= 15 is 0 Å². The topological polar surface area (TPSA) is 94.5 Å². The van der Waals surface area contributed by atoms with Crippen LogP contribution in [0.4, 0.5) is 4.79 Å². The highest BCUT2D eigenvalue weighted by molar-refractivity contribution is 5.96. The average Bonchev–Trinajstić information content (AvgIpc) is 3.18. The number of methoxy groups -OCH3 is 1. The molecule has 0 spiro atoms. The molecule has 8 nitrogen and oxygen atoms in total. The monoisotopic (exact) mass is 464 g/mol. The molecule has 188 valence electrons. The zero-order chi connectivity index (χ0) is 24.3. The molecule has 0 aromatic carbocycles. The van der Waals surface area contributed by atoms with Gasteiger partial charge in [0.05, 0.1) is 19.9 Å². The van der Waals surface area contributed by atoms with E-state index in [-0.39, 0.29) is 11.9 Å². The third kappa shape index (κ3) is 9.64. The van der Waals surface area contributed by atoms with E-state index in [1.54, 1.807) is 10.9 Å². The van der Waals surface area contributed by atoms with Crippen LogP contribution >= 0.6 is 0 Å². The summed E-state index contributed by atoms with van der Waals surface area (Å²) in [5.41, 5.74) is -0.0150. The fourth-order valence-electron chi connectivity index (χ4n) is 4.08. The largest absolute Gasteiger partial charge is 0.477 e. The van der Waals surface area contributed by atoms with Crippen LogP contribution in [0.5, 0.6) is 5.88 Å². The Kier molecular flexibility index (Phi) is 11.0. The highest BCUT2D eigenvalue weighted by atomic mass is 16.5. The van der Waals surface area contributed by atoms with E-state index in [0.29, 0.717) is 36.9 Å². The molecule has 2 N–H and O–H groups in total. The summed E-state index contributed by atoms with van der Waals surface area (Å²) in [6, 6.07) is 0.195. The third-order valence-corrected chi connectivity index (χ3v) is 6.10. The number of hydrogen-bond acceptors (Lipinski definition) is 5. The molecule has 0 bridgehead atoms. The highest BCUT2D eigenvalue weighted by Gasteiger charge is 2.25. The van der Waals surface area contributed by atoms with Gasteiger partial charge in [0.25, 0.3) is 5.91 Å². The number of nitrogens with zero attached hydrogens (tertiary/aromatic N) is 2. The fourth-order valence-corrected chi connectivity index (χ4v) is 4.08. The van der Waals surface area contributed by atoms with Crippen molar-refractivity contribution in [3.8, 4) is 5.88 Å². The van der Waals surface area contributed by atoms with Crippen molar-refractivity contribution < 1.29 is 19.1 Å². The van der Waals surface area contributed by atoms with Gasteiger partial charge in [0.15, 0.2) is 0 Å². The Bertz CT molecular complexity index is 735. The lowest BCUT2D eigenvalue weighted by Crippen LogP contribution is -2.44. The van der Waals surface area contributed by atoms with Gasteiger partial charge in [0, 0.05) is 18.1 Å². The maximum Gasteiger partial charge on any atom is 0.407 e. The molecule has 1 fully saturated rings. The van der Waals surface area contributed by atoms with E-state index in [9.17, 15) is 9.59 Å². The quantitative estimate of drug-likeness (QED) is 0.532. The molecular formula is C25H44N4O4. The molecule has 0 saturated heterocycles. The van der Waals surface area contributed by atoms with Crippen LogP contribution in [-0.2, 0) is 11.3 Å². The van der Waals surface area contributed by atoms with Gasteiger partial charge in [-0.25, -0.2) is 9.48 Å². The van der Waals surface area contributed by atoms with Crippen LogP contribution < -0.4 is 15.4 Å². The molecule has 0 aliphatic heterocycles. The summed E-state index contributed by atoms with van der Waals surface area (Å²) >= 11 is 0. The van der Waals surface area contributed by atoms with Gasteiger partial charge in [-0.05, 0) is 39.0 Å². The smallest absolute Gasteiger partial charge is 0.407 e. The van der Waals surface area contributed by atoms with Crippen molar-refractivity contribution in [2.75, 3.05) is 13.7 Å². The minimum absolute atomic E-state index is 0.117. The van der Waals surface area contributed by atoms with Gasteiger partial charge < -0.3 is 20.1 Å². The Labute approximate surface area is 199 Å². The number of alkyl carbamates (subject to hydrolysis) is 1. The van der Waals surface area contributed by atoms with Gasteiger partial charge in [-0.2, -0.15) is 5.10 Å². The summed E-state index contributed by atoms with van der Waals surface area (Å²) in [6.45, 7) is 9.00. The maximum atomic E-state index is 13.2. The van der Waals surface area contributed by atoms with Crippen LogP contribution in [0.3, 0.4) is 0 Å². The van der Waals surface area contributed by atoms with Crippen molar-refractivity contribution in [3.63, 3.8) is 0 Å². The predicted octanol–water partition coefficient (Wildman–Crippen LogP) is 5.07. The number of aromatic nitrogens is 2. The van der Waals surface area contributed by atoms with Crippen molar-refractivity contribution in [2.45, 2.75) is 110 Å². The molecule has 1 aliphatic carbocycles. The van der Waals surface area contributed by atoms with E-state index in [2.05, 4.69) is 29.6 Å². The molecule has 1 aliphatic rings. The Balaban J connectivity index is 2.10. The van der Waals surface area contributed by atoms with Gasteiger partial charge in [0.1, 0.15) is 5.56 Å². The minimum Gasteiger partial charge on any atom is -0.477 e. The van der Waals surface area contributed by atoms with Crippen molar-refractivity contribution in [1.82, 2.24) is 20.4 Å². The third-order valence-electron chi connectivity index (χ3n) is 6.10. The lowest BCUT2D eigenvalue weighted by atomic mass is 9.97. The van der Waals surface area contributed by atoms with E-state index < -0.39 is 11.6 Å². The lowest BCUT2D eigenvalue weighted by molar-refractivity contribution is 0.0925. The van der Waals surface area contributed by atoms with Crippen molar-refractivity contribution >= 4 is 12.0 Å². The summed E-state index contributed by atoms with van der Waals surface area (Å²) < 4.78 is 12.5. The molecule has 1 heterocycles. The molecule has 1 aromatic rings. The fraction of sp³-hybridized carbons (Fsp3) is 0.800. The van der Waals surface area contributed by atoms with Crippen LogP contribution in [0.25, 0.3) is 0 Å². The second-order valence-electron chi connectivity index (χ2n) is 10.3. The molecule has 1 saturated carbocycles. The maximum absolute atomic E-state index is 13.2. The second-order valence-corrected chi connectivity index (χ2v) is 10.3. The molecule has 0 atom stereocenters. The zero-order valence-corrected chi connectivity index (χ0v) is 21.2. The van der Waals surface area contributed by atoms with Gasteiger partial charge >= 0.3 is 6.09 Å². The van der Waals surface area contributed by atoms with Crippen LogP contribution in [0, 0.1) is 5.92 Å². The number of rotatable bonds is 9. The summed E-state index contributed by atoms with van der Waals surface area (Å²) in [7, 11) is 1.35. The number of ether oxygens (including phenoxy) is 2. The SMILES string of the molecule is COC(=O)NC(C)(C)CCn1ncc(C(=O)NC2CCCCCCCCC2)c1OCC(C)C. The van der Waals surface area contributed by atoms with E-state index in [4.69, 9.17) is 9.47 Å². The van der Waals surface area contributed by atoms with Crippen LogP contribution in [0.15, 0.2) is 6.20 Å². The number of carbonyl (C=O) groups is 2. The summed E-state index contributed by atoms with van der Waals surface area (Å²) in [6.07, 6.45) is 12.5. The zero-order valence-electron chi connectivity index (χ0n) is 21.2. The standard InChI is InChI=1S/C25H44N4O4/c1-19(2)18-33-23-21(17-26-29(23)16-15-25(3,4)28-24(31)32-5)22(30)27-20-13-11-9-7-6-8-10-12-14-20/h17,19-20H,6-16,18H2,1-5H3,(H,27,30)(H,28,31). The average molecular weight is 465 g/mol. The Hall–Kier alpha value is -2.25. The number of aryl methyl sites for hydroxylation is 1. The first-order chi connectivity index (χ1) is 15.7. The van der Waals surface area contributed by atoms with Gasteiger partial charge in [-0.1, -0.05) is 58.8 Å². The minimum atomic E-state index is -0.493. The first-order valence-corrected chi connectivity index (χ1v) is 12.6. The number of carbonyl (C=O) groups excluding carboxylic acids is 2. The first kappa shape index (κ1) is 27.0. The van der Waals surface area contributed by atoms with Gasteiger partial charge in [-0.15, -0.1) is 0 Å². The highest BCUT2D eigenvalue weighted by Crippen LogP contribution is 2.23. The number of amides is 2. The Morgan fingerprint density at radius 1 is 1.12 bits per heavy atom. The molecule has 1 aromatic heterocycles. The lowest BCUT2D eigenvalue weighted by Gasteiger charge is -2.25. The molecule has 2 amide bonds. The van der Waals surface area contributed by atoms with Crippen molar-refractivity contribution in [1.29, 1.82) is 0 Å². The Morgan fingerprint density at radius 3 is 2.30 bits per heavy atom. The summed E-state index contributed by atoms with van der Waals surface area (Å²) in [4.78, 5) is 24.8. The normalized spacial score (nSPS) is 16.3. The molecule has 2 rings (SSSR count). The Morgan fingerprint density at radius 2 is 1.73 bits per heavy atom. The summed E-state index contributed by atoms with van der Waals surface area (Å²) in [5.74, 6) is 0.698. The van der Waals surface area contributed by atoms with Crippen LogP contribution in [-0.4, -0.2) is 47.1 Å². The van der Waals surface area contributed by atoms with Crippen LogP contribution in [0.1, 0.15) is 102 Å². The van der Waals surface area contributed by atoms with E-state index in [1.165, 1.54) is 39.2 Å². The second kappa shape index (κ2) is 13.5. The number of nitrogens with one attached hydrogen (secondary N) is 2.